The molecule has 0 N–H and O–H groups in total. The minimum absolute atomic E-state index is 0.0791. The second-order valence-electron chi connectivity index (χ2n) is 8.61. The molecule has 1 aliphatic rings. The van der Waals surface area contributed by atoms with E-state index in [0.29, 0.717) is 31.7 Å². The molecule has 1 aliphatic heterocycles. The third-order valence-electron chi connectivity index (χ3n) is 6.24. The highest BCUT2D eigenvalue weighted by Crippen LogP contribution is 2.24. The van der Waals surface area contributed by atoms with Gasteiger partial charge in [0.15, 0.2) is 0 Å². The Hall–Kier alpha value is -4.60. The molecule has 5 rings (SSSR count). The molecule has 10 heteroatoms. The van der Waals surface area contributed by atoms with Crippen LogP contribution in [0.25, 0.3) is 11.3 Å². The Labute approximate surface area is 212 Å². The van der Waals surface area contributed by atoms with Crippen molar-refractivity contribution < 1.29 is 13.9 Å². The summed E-state index contributed by atoms with van der Waals surface area (Å²) in [6.45, 7) is 2.22. The summed E-state index contributed by atoms with van der Waals surface area (Å²) in [5, 5.41) is 4.25. The molecule has 0 saturated carbocycles. The van der Waals surface area contributed by atoms with Crippen LogP contribution in [-0.2, 0) is 6.54 Å². The van der Waals surface area contributed by atoms with E-state index in [4.69, 9.17) is 4.74 Å². The molecule has 0 bridgehead atoms. The van der Waals surface area contributed by atoms with Crippen molar-refractivity contribution in [2.24, 2.45) is 0 Å². The summed E-state index contributed by atoms with van der Waals surface area (Å²) < 4.78 is 19.9. The van der Waals surface area contributed by atoms with E-state index in [2.05, 4.69) is 20.0 Å². The predicted molar refractivity (Wildman–Crippen MR) is 136 cm³/mol. The topological polar surface area (TPSA) is 93.5 Å². The number of hydrogen-bond acceptors (Lipinski definition) is 7. The summed E-state index contributed by atoms with van der Waals surface area (Å²) in [5.74, 6) is 0.914. The molecule has 1 amide bonds. The number of methoxy groups -OCH3 is 1. The number of rotatable bonds is 6. The van der Waals surface area contributed by atoms with E-state index in [-0.39, 0.29) is 23.7 Å². The number of piperazine rings is 1. The Balaban J connectivity index is 1.25. The fourth-order valence-electron chi connectivity index (χ4n) is 4.22. The average molecular weight is 501 g/mol. The lowest BCUT2D eigenvalue weighted by Crippen LogP contribution is -2.49. The monoisotopic (exact) mass is 500 g/mol. The van der Waals surface area contributed by atoms with Crippen molar-refractivity contribution in [1.29, 1.82) is 0 Å². The predicted octanol–water partition coefficient (Wildman–Crippen LogP) is 2.86. The van der Waals surface area contributed by atoms with E-state index >= 15 is 0 Å². The second kappa shape index (κ2) is 10.6. The third kappa shape index (κ3) is 5.48. The standard InChI is InChI=1S/C27H25FN6O3/c1-37-22-7-5-20(6-8-22)24-16-25(30-18-29-24)32-11-13-33(14-12-32)27(36)23-9-10-26(35)34(31-23)17-19-3-2-4-21(28)15-19/h2-10,15-16,18H,11-14,17H2,1H3. The zero-order chi connectivity index (χ0) is 25.8. The third-order valence-corrected chi connectivity index (χ3v) is 6.24. The first kappa shape index (κ1) is 24.1. The van der Waals surface area contributed by atoms with Crippen molar-refractivity contribution in [3.63, 3.8) is 0 Å². The van der Waals surface area contributed by atoms with Gasteiger partial charge in [0.05, 0.1) is 19.3 Å². The maximum absolute atomic E-state index is 13.5. The van der Waals surface area contributed by atoms with Crippen LogP contribution in [0.15, 0.2) is 77.9 Å². The molecule has 2 aromatic carbocycles. The Morgan fingerprint density at radius 1 is 0.973 bits per heavy atom. The lowest BCUT2D eigenvalue weighted by molar-refractivity contribution is 0.0737. The first-order chi connectivity index (χ1) is 18.0. The highest BCUT2D eigenvalue weighted by Gasteiger charge is 2.24. The molecule has 0 atom stereocenters. The van der Waals surface area contributed by atoms with Gasteiger partial charge in [-0.2, -0.15) is 5.10 Å². The van der Waals surface area contributed by atoms with E-state index in [9.17, 15) is 14.0 Å². The molecule has 4 aromatic rings. The van der Waals surface area contributed by atoms with Crippen molar-refractivity contribution in [1.82, 2.24) is 24.6 Å². The molecular weight excluding hydrogens is 475 g/mol. The molecular formula is C27H25FN6O3. The zero-order valence-corrected chi connectivity index (χ0v) is 20.2. The van der Waals surface area contributed by atoms with Gasteiger partial charge in [-0.05, 0) is 48.0 Å². The number of amides is 1. The zero-order valence-electron chi connectivity index (χ0n) is 20.2. The first-order valence-electron chi connectivity index (χ1n) is 11.8. The largest absolute Gasteiger partial charge is 0.497 e. The lowest BCUT2D eigenvalue weighted by Gasteiger charge is -2.35. The van der Waals surface area contributed by atoms with Gasteiger partial charge in [-0.15, -0.1) is 0 Å². The maximum Gasteiger partial charge on any atom is 0.274 e. The number of nitrogens with zero attached hydrogens (tertiary/aromatic N) is 6. The smallest absolute Gasteiger partial charge is 0.274 e. The minimum Gasteiger partial charge on any atom is -0.497 e. The summed E-state index contributed by atoms with van der Waals surface area (Å²) in [6, 6.07) is 18.3. The highest BCUT2D eigenvalue weighted by atomic mass is 19.1. The van der Waals surface area contributed by atoms with Gasteiger partial charge in [0.25, 0.3) is 11.5 Å². The Morgan fingerprint density at radius 2 is 1.76 bits per heavy atom. The summed E-state index contributed by atoms with van der Waals surface area (Å²) in [5.41, 5.74) is 2.16. The summed E-state index contributed by atoms with van der Waals surface area (Å²) in [6.07, 6.45) is 1.54. The van der Waals surface area contributed by atoms with Crippen LogP contribution in [0.5, 0.6) is 5.75 Å². The van der Waals surface area contributed by atoms with E-state index in [0.717, 1.165) is 22.8 Å². The quantitative estimate of drug-likeness (QED) is 0.402. The van der Waals surface area contributed by atoms with Crippen molar-refractivity contribution in [2.75, 3.05) is 38.2 Å². The number of carbonyl (C=O) groups excluding carboxylic acids is 1. The Kier molecular flexibility index (Phi) is 6.89. The van der Waals surface area contributed by atoms with Gasteiger partial charge in [-0.3, -0.25) is 9.59 Å². The van der Waals surface area contributed by atoms with Crippen molar-refractivity contribution in [3.8, 4) is 17.0 Å². The summed E-state index contributed by atoms with van der Waals surface area (Å²) in [4.78, 5) is 38.1. The lowest BCUT2D eigenvalue weighted by atomic mass is 10.1. The maximum atomic E-state index is 13.5. The van der Waals surface area contributed by atoms with Crippen LogP contribution >= 0.6 is 0 Å². The van der Waals surface area contributed by atoms with Crippen LogP contribution in [0.1, 0.15) is 16.1 Å². The number of anilines is 1. The van der Waals surface area contributed by atoms with E-state index < -0.39 is 5.82 Å². The molecule has 1 saturated heterocycles. The fraction of sp³-hybridized carbons (Fsp3) is 0.222. The SMILES string of the molecule is COc1ccc(-c2cc(N3CCN(C(=O)c4ccc(=O)n(Cc5cccc(F)c5)n4)CC3)ncn2)cc1. The molecule has 0 radical (unpaired) electrons. The first-order valence-corrected chi connectivity index (χ1v) is 11.8. The number of hydrogen-bond donors (Lipinski definition) is 0. The van der Waals surface area contributed by atoms with E-state index in [1.165, 1.54) is 35.3 Å². The number of aromatic nitrogens is 4. The van der Waals surface area contributed by atoms with E-state index in [1.807, 2.05) is 30.3 Å². The van der Waals surface area contributed by atoms with Crippen molar-refractivity contribution >= 4 is 11.7 Å². The van der Waals surface area contributed by atoms with Crippen LogP contribution in [0.2, 0.25) is 0 Å². The molecule has 0 spiro atoms. The summed E-state index contributed by atoms with van der Waals surface area (Å²) >= 11 is 0. The van der Waals surface area contributed by atoms with Gasteiger partial charge in [0.1, 0.15) is 29.4 Å². The molecule has 37 heavy (non-hydrogen) atoms. The Bertz CT molecular complexity index is 1470. The van der Waals surface area contributed by atoms with Crippen LogP contribution < -0.4 is 15.2 Å². The fourth-order valence-corrected chi connectivity index (χ4v) is 4.22. The van der Waals surface area contributed by atoms with Gasteiger partial charge in [0, 0.05) is 43.9 Å². The molecule has 3 heterocycles. The minimum atomic E-state index is -0.393. The van der Waals surface area contributed by atoms with Crippen LogP contribution in [0.4, 0.5) is 10.2 Å². The molecule has 1 fully saturated rings. The number of benzene rings is 2. The normalized spacial score (nSPS) is 13.5. The molecule has 188 valence electrons. The highest BCUT2D eigenvalue weighted by molar-refractivity contribution is 5.92. The van der Waals surface area contributed by atoms with Crippen molar-refractivity contribution in [2.45, 2.75) is 6.54 Å². The van der Waals surface area contributed by atoms with Crippen LogP contribution in [-0.4, -0.2) is 63.8 Å². The average Bonchev–Trinajstić information content (AvgIpc) is 2.94. The van der Waals surface area contributed by atoms with Gasteiger partial charge < -0.3 is 14.5 Å². The number of halogens is 1. The summed E-state index contributed by atoms with van der Waals surface area (Å²) in [7, 11) is 1.63. The van der Waals surface area contributed by atoms with Crippen LogP contribution in [0, 0.1) is 5.82 Å². The number of carbonyl (C=O) groups is 1. The number of ether oxygens (including phenoxy) is 1. The molecule has 0 unspecified atom stereocenters. The van der Waals surface area contributed by atoms with Crippen molar-refractivity contribution in [3.05, 3.63) is 100 Å². The van der Waals surface area contributed by atoms with Gasteiger partial charge in [-0.25, -0.2) is 19.0 Å². The van der Waals surface area contributed by atoms with Gasteiger partial charge in [0.2, 0.25) is 0 Å². The van der Waals surface area contributed by atoms with E-state index in [1.54, 1.807) is 24.1 Å². The molecule has 2 aromatic heterocycles. The Morgan fingerprint density at radius 3 is 2.49 bits per heavy atom. The molecule has 0 aliphatic carbocycles. The molecule has 9 nitrogen and oxygen atoms in total. The second-order valence-corrected chi connectivity index (χ2v) is 8.61. The van der Waals surface area contributed by atoms with Gasteiger partial charge >= 0.3 is 0 Å². The van der Waals surface area contributed by atoms with Gasteiger partial charge in [-0.1, -0.05) is 12.1 Å². The van der Waals surface area contributed by atoms with Crippen LogP contribution in [0.3, 0.4) is 0 Å².